The highest BCUT2D eigenvalue weighted by Crippen LogP contribution is 2.38. The van der Waals surface area contributed by atoms with Crippen molar-refractivity contribution in [2.75, 3.05) is 5.32 Å². The van der Waals surface area contributed by atoms with E-state index in [0.717, 1.165) is 28.2 Å². The molecule has 1 aliphatic rings. The molecule has 0 fully saturated rings. The monoisotopic (exact) mass is 445 g/mol. The van der Waals surface area contributed by atoms with Crippen LogP contribution in [0.5, 0.6) is 0 Å². The van der Waals surface area contributed by atoms with Crippen LogP contribution in [-0.4, -0.2) is 31.1 Å². The molecule has 3 aromatic rings. The maximum absolute atomic E-state index is 12.7. The van der Waals surface area contributed by atoms with E-state index in [2.05, 4.69) is 33.7 Å². The van der Waals surface area contributed by atoms with E-state index in [1.54, 1.807) is 13.0 Å². The first-order chi connectivity index (χ1) is 14.5. The Bertz CT molecular complexity index is 1040. The van der Waals surface area contributed by atoms with Gasteiger partial charge >= 0.3 is 0 Å². The second kappa shape index (κ2) is 8.93. The van der Waals surface area contributed by atoms with Crippen molar-refractivity contribution < 1.29 is 9.32 Å². The van der Waals surface area contributed by atoms with E-state index in [-0.39, 0.29) is 11.2 Å². The van der Waals surface area contributed by atoms with Gasteiger partial charge in [-0.25, -0.2) is 0 Å². The highest BCUT2D eigenvalue weighted by Gasteiger charge is 2.25. The van der Waals surface area contributed by atoms with Crippen LogP contribution in [0, 0.1) is 12.8 Å². The molecule has 1 aliphatic carbocycles. The Morgan fingerprint density at radius 1 is 1.40 bits per heavy atom. The summed E-state index contributed by atoms with van der Waals surface area (Å²) in [4.78, 5) is 15.3. The molecule has 0 saturated heterocycles. The Kier molecular flexibility index (Phi) is 6.29. The van der Waals surface area contributed by atoms with Gasteiger partial charge in [0.1, 0.15) is 5.76 Å². The third kappa shape index (κ3) is 4.32. The Morgan fingerprint density at radius 2 is 2.23 bits per heavy atom. The number of carbonyl (C=O) groups is 1. The van der Waals surface area contributed by atoms with Crippen molar-refractivity contribution in [2.24, 2.45) is 13.0 Å². The molecule has 0 bridgehead atoms. The summed E-state index contributed by atoms with van der Waals surface area (Å²) >= 11 is 3.26. The van der Waals surface area contributed by atoms with Gasteiger partial charge in [0.2, 0.25) is 5.91 Å². The van der Waals surface area contributed by atoms with Crippen molar-refractivity contribution >= 4 is 34.8 Å². The van der Waals surface area contributed by atoms with Gasteiger partial charge in [-0.2, -0.15) is 0 Å². The largest absolute Gasteiger partial charge is 0.360 e. The number of aryl methyl sites for hydroxylation is 2. The first kappa shape index (κ1) is 21.1. The number of hydrogen-bond acceptors (Lipinski definition) is 7. The molecule has 3 aromatic heterocycles. The molecule has 0 radical (unpaired) electrons. The van der Waals surface area contributed by atoms with Gasteiger partial charge < -0.3 is 14.4 Å². The van der Waals surface area contributed by atoms with Gasteiger partial charge in [0.05, 0.1) is 10.1 Å². The fraction of sp³-hybridized carbons (Fsp3) is 0.524. The minimum atomic E-state index is -0.292. The predicted molar refractivity (Wildman–Crippen MR) is 120 cm³/mol. The van der Waals surface area contributed by atoms with Crippen molar-refractivity contribution in [1.82, 2.24) is 19.9 Å². The van der Waals surface area contributed by atoms with E-state index in [0.29, 0.717) is 18.0 Å². The quantitative estimate of drug-likeness (QED) is 0.523. The van der Waals surface area contributed by atoms with Crippen molar-refractivity contribution in [1.29, 1.82) is 0 Å². The summed E-state index contributed by atoms with van der Waals surface area (Å²) in [6.45, 7) is 6.06. The zero-order chi connectivity index (χ0) is 21.3. The second-order valence-electron chi connectivity index (χ2n) is 7.77. The molecule has 30 heavy (non-hydrogen) atoms. The SMILES string of the molecule is CCC1CCc2sc(-c3nnc(SC(CC)C(=O)Nc4cc(C)on4)n3C)cc2C1. The van der Waals surface area contributed by atoms with Crippen LogP contribution in [0.25, 0.3) is 10.7 Å². The summed E-state index contributed by atoms with van der Waals surface area (Å²) in [6.07, 6.45) is 5.52. The molecule has 0 aromatic carbocycles. The summed E-state index contributed by atoms with van der Waals surface area (Å²) < 4.78 is 7.02. The van der Waals surface area contributed by atoms with E-state index < -0.39 is 0 Å². The van der Waals surface area contributed by atoms with Crippen LogP contribution in [0.2, 0.25) is 0 Å². The third-order valence-electron chi connectivity index (χ3n) is 5.61. The van der Waals surface area contributed by atoms with Crippen LogP contribution in [0.4, 0.5) is 5.82 Å². The summed E-state index contributed by atoms with van der Waals surface area (Å²) in [5, 5.41) is 15.9. The Balaban J connectivity index is 1.49. The summed E-state index contributed by atoms with van der Waals surface area (Å²) in [5.74, 6) is 2.64. The molecular formula is C21H27N5O2S2. The number of anilines is 1. The number of rotatable bonds is 7. The van der Waals surface area contributed by atoms with Gasteiger partial charge in [-0.1, -0.05) is 37.2 Å². The number of thioether (sulfide) groups is 1. The molecule has 1 N–H and O–H groups in total. The summed E-state index contributed by atoms with van der Waals surface area (Å²) in [6, 6.07) is 3.99. The Morgan fingerprint density at radius 3 is 2.93 bits per heavy atom. The maximum Gasteiger partial charge on any atom is 0.239 e. The summed E-state index contributed by atoms with van der Waals surface area (Å²) in [7, 11) is 1.97. The van der Waals surface area contributed by atoms with Crippen molar-refractivity contribution in [3.05, 3.63) is 28.3 Å². The van der Waals surface area contributed by atoms with E-state index in [1.165, 1.54) is 41.5 Å². The predicted octanol–water partition coefficient (Wildman–Crippen LogP) is 4.86. The number of nitrogens with one attached hydrogen (secondary N) is 1. The molecule has 3 heterocycles. The number of hydrogen-bond donors (Lipinski definition) is 1. The summed E-state index contributed by atoms with van der Waals surface area (Å²) in [5.41, 5.74) is 1.47. The molecular weight excluding hydrogens is 418 g/mol. The molecule has 7 nitrogen and oxygen atoms in total. The van der Waals surface area contributed by atoms with Gasteiger partial charge in [0, 0.05) is 18.0 Å². The van der Waals surface area contributed by atoms with Gasteiger partial charge in [-0.15, -0.1) is 21.5 Å². The minimum absolute atomic E-state index is 0.113. The number of amides is 1. The fourth-order valence-electron chi connectivity index (χ4n) is 3.77. The Hall–Kier alpha value is -2.13. The average Bonchev–Trinajstić information content (AvgIpc) is 3.43. The number of thiophene rings is 1. The zero-order valence-electron chi connectivity index (χ0n) is 17.8. The lowest BCUT2D eigenvalue weighted by Crippen LogP contribution is -2.25. The molecule has 160 valence electrons. The highest BCUT2D eigenvalue weighted by atomic mass is 32.2. The molecule has 1 amide bonds. The van der Waals surface area contributed by atoms with E-state index in [9.17, 15) is 4.79 Å². The van der Waals surface area contributed by atoms with Crippen LogP contribution < -0.4 is 5.32 Å². The van der Waals surface area contributed by atoms with Crippen molar-refractivity contribution in [3.63, 3.8) is 0 Å². The lowest BCUT2D eigenvalue weighted by Gasteiger charge is -2.19. The number of fused-ring (bicyclic) bond motifs is 1. The first-order valence-corrected chi connectivity index (χ1v) is 12.1. The molecule has 0 aliphatic heterocycles. The van der Waals surface area contributed by atoms with E-state index in [1.807, 2.05) is 29.9 Å². The van der Waals surface area contributed by atoms with Crippen LogP contribution >= 0.6 is 23.1 Å². The average molecular weight is 446 g/mol. The smallest absolute Gasteiger partial charge is 0.239 e. The van der Waals surface area contributed by atoms with Crippen LogP contribution in [-0.2, 0) is 24.7 Å². The molecule has 0 saturated carbocycles. The maximum atomic E-state index is 12.7. The normalized spacial score (nSPS) is 17.0. The van der Waals surface area contributed by atoms with Gasteiger partial charge in [-0.3, -0.25) is 4.79 Å². The molecule has 0 spiro atoms. The molecule has 2 atom stereocenters. The van der Waals surface area contributed by atoms with Crippen LogP contribution in [0.1, 0.15) is 49.3 Å². The number of nitrogens with zero attached hydrogens (tertiary/aromatic N) is 4. The molecule has 2 unspecified atom stereocenters. The third-order valence-corrected chi connectivity index (χ3v) is 8.24. The number of aromatic nitrogens is 4. The second-order valence-corrected chi connectivity index (χ2v) is 10.1. The van der Waals surface area contributed by atoms with Gasteiger partial charge in [0.15, 0.2) is 16.8 Å². The van der Waals surface area contributed by atoms with E-state index >= 15 is 0 Å². The lowest BCUT2D eigenvalue weighted by atomic mass is 9.87. The van der Waals surface area contributed by atoms with Crippen LogP contribution in [0.3, 0.4) is 0 Å². The standard InChI is InChI=1S/C21H27N5O2S2/c1-5-13-7-8-16-14(10-13)11-17(29-16)19-23-24-21(26(19)4)30-15(6-2)20(27)22-18-9-12(3)28-25-18/h9,11,13,15H,5-8,10H2,1-4H3,(H,22,25,27). The highest BCUT2D eigenvalue weighted by molar-refractivity contribution is 8.00. The van der Waals surface area contributed by atoms with E-state index in [4.69, 9.17) is 4.52 Å². The Labute approximate surface area is 184 Å². The van der Waals surface area contributed by atoms with Crippen molar-refractivity contribution in [2.45, 2.75) is 63.3 Å². The minimum Gasteiger partial charge on any atom is -0.360 e. The first-order valence-electron chi connectivity index (χ1n) is 10.4. The van der Waals surface area contributed by atoms with Crippen LogP contribution in [0.15, 0.2) is 21.8 Å². The fourth-order valence-corrected chi connectivity index (χ4v) is 5.92. The van der Waals surface area contributed by atoms with Crippen molar-refractivity contribution in [3.8, 4) is 10.7 Å². The molecule has 9 heteroatoms. The van der Waals surface area contributed by atoms with Gasteiger partial charge in [0.25, 0.3) is 0 Å². The lowest BCUT2D eigenvalue weighted by molar-refractivity contribution is -0.115. The zero-order valence-corrected chi connectivity index (χ0v) is 19.4. The molecule has 4 rings (SSSR count). The van der Waals surface area contributed by atoms with Gasteiger partial charge in [-0.05, 0) is 50.2 Å². The number of carbonyl (C=O) groups excluding carboxylic acids is 1. The topological polar surface area (TPSA) is 85.8 Å².